The summed E-state index contributed by atoms with van der Waals surface area (Å²) in [5.74, 6) is -4.64. The Bertz CT molecular complexity index is 472. The molecule has 1 unspecified atom stereocenters. The van der Waals surface area contributed by atoms with Crippen LogP contribution in [-0.4, -0.2) is 5.91 Å². The van der Waals surface area contributed by atoms with Gasteiger partial charge in [0.2, 0.25) is 5.91 Å². The molecule has 0 aliphatic heterocycles. The Morgan fingerprint density at radius 2 is 1.78 bits per heavy atom. The van der Waals surface area contributed by atoms with Crippen LogP contribution in [0.1, 0.15) is 23.6 Å². The van der Waals surface area contributed by atoms with Gasteiger partial charge < -0.3 is 11.5 Å². The van der Waals surface area contributed by atoms with Gasteiger partial charge in [-0.2, -0.15) is 13.2 Å². The number of primary amides is 1. The minimum atomic E-state index is -5.00. The number of alkyl halides is 3. The van der Waals surface area contributed by atoms with Gasteiger partial charge in [-0.05, 0) is 6.07 Å². The van der Waals surface area contributed by atoms with Gasteiger partial charge in [-0.25, -0.2) is 8.78 Å². The van der Waals surface area contributed by atoms with E-state index in [0.29, 0.717) is 12.1 Å². The van der Waals surface area contributed by atoms with Crippen molar-refractivity contribution in [2.75, 3.05) is 0 Å². The number of hydrogen-bond acceptors (Lipinski definition) is 2. The van der Waals surface area contributed by atoms with Crippen molar-refractivity contribution in [2.24, 2.45) is 11.5 Å². The predicted octanol–water partition coefficient (Wildman–Crippen LogP) is 1.86. The normalized spacial score (nSPS) is 13.4. The molecule has 0 aromatic heterocycles. The Kier molecular flexibility index (Phi) is 3.90. The molecule has 0 aliphatic carbocycles. The van der Waals surface area contributed by atoms with Gasteiger partial charge in [0.1, 0.15) is 0 Å². The van der Waals surface area contributed by atoms with Gasteiger partial charge >= 0.3 is 6.18 Å². The van der Waals surface area contributed by atoms with Crippen molar-refractivity contribution in [3.05, 3.63) is 34.9 Å². The van der Waals surface area contributed by atoms with Gasteiger partial charge in [0, 0.05) is 18.0 Å². The molecular formula is C10H9F5N2O. The van der Waals surface area contributed by atoms with Crippen molar-refractivity contribution in [3.63, 3.8) is 0 Å². The molecule has 3 nitrogen and oxygen atoms in total. The Hall–Kier alpha value is -1.70. The summed E-state index contributed by atoms with van der Waals surface area (Å²) in [6.07, 6.45) is -5.50. The molecule has 0 spiro atoms. The summed E-state index contributed by atoms with van der Waals surface area (Å²) in [5.41, 5.74) is 7.88. The first-order valence-electron chi connectivity index (χ1n) is 4.73. The van der Waals surface area contributed by atoms with E-state index < -0.39 is 47.3 Å². The Balaban J connectivity index is 3.20. The zero-order valence-electron chi connectivity index (χ0n) is 8.89. The van der Waals surface area contributed by atoms with Crippen molar-refractivity contribution in [1.82, 2.24) is 0 Å². The molecule has 0 aliphatic rings. The van der Waals surface area contributed by atoms with Gasteiger partial charge in [-0.3, -0.25) is 4.79 Å². The maximum absolute atomic E-state index is 13.4. The van der Waals surface area contributed by atoms with Crippen molar-refractivity contribution in [1.29, 1.82) is 0 Å². The lowest BCUT2D eigenvalue weighted by Crippen LogP contribution is -2.22. The molecule has 100 valence electrons. The summed E-state index contributed by atoms with van der Waals surface area (Å²) in [5, 5.41) is 0. The maximum atomic E-state index is 13.4. The smallest absolute Gasteiger partial charge is 0.370 e. The van der Waals surface area contributed by atoms with Crippen LogP contribution in [0.4, 0.5) is 22.0 Å². The third kappa shape index (κ3) is 2.95. The average molecular weight is 268 g/mol. The van der Waals surface area contributed by atoms with Crippen molar-refractivity contribution in [2.45, 2.75) is 18.6 Å². The Morgan fingerprint density at radius 3 is 2.22 bits per heavy atom. The van der Waals surface area contributed by atoms with Gasteiger partial charge in [0.25, 0.3) is 0 Å². The molecule has 0 heterocycles. The molecule has 1 amide bonds. The largest absolute Gasteiger partial charge is 0.419 e. The summed E-state index contributed by atoms with van der Waals surface area (Å²) < 4.78 is 63.4. The zero-order chi connectivity index (χ0) is 14.1. The number of rotatable bonds is 3. The quantitative estimate of drug-likeness (QED) is 0.821. The molecule has 0 saturated heterocycles. The maximum Gasteiger partial charge on any atom is 0.419 e. The van der Waals surface area contributed by atoms with E-state index in [2.05, 4.69) is 0 Å². The fourth-order valence-corrected chi connectivity index (χ4v) is 1.40. The van der Waals surface area contributed by atoms with Crippen molar-refractivity contribution >= 4 is 5.91 Å². The fraction of sp³-hybridized carbons (Fsp3) is 0.300. The molecule has 1 rings (SSSR count). The second-order valence-corrected chi connectivity index (χ2v) is 3.61. The first-order valence-corrected chi connectivity index (χ1v) is 4.73. The Labute approximate surface area is 98.6 Å². The summed E-state index contributed by atoms with van der Waals surface area (Å²) >= 11 is 0. The minimum Gasteiger partial charge on any atom is -0.370 e. The number of nitrogens with two attached hydrogens (primary N) is 2. The standard InChI is InChI=1S/C10H9F5N2O/c11-8-4(6(16)3-7(17)18)1-2-5(9(8)12)10(13,14)15/h1-2,6H,3,16H2,(H2,17,18). The second-order valence-electron chi connectivity index (χ2n) is 3.61. The molecule has 18 heavy (non-hydrogen) atoms. The van der Waals surface area contributed by atoms with E-state index in [1.807, 2.05) is 0 Å². The highest BCUT2D eigenvalue weighted by atomic mass is 19.4. The van der Waals surface area contributed by atoms with Crippen LogP contribution in [0.25, 0.3) is 0 Å². The summed E-state index contributed by atoms with van der Waals surface area (Å²) in [4.78, 5) is 10.6. The number of carbonyl (C=O) groups excluding carboxylic acids is 1. The van der Waals surface area contributed by atoms with E-state index in [9.17, 15) is 26.7 Å². The van der Waals surface area contributed by atoms with Gasteiger partial charge in [0.05, 0.1) is 5.56 Å². The molecule has 0 radical (unpaired) electrons. The van der Waals surface area contributed by atoms with Gasteiger partial charge in [-0.15, -0.1) is 0 Å². The highest BCUT2D eigenvalue weighted by Crippen LogP contribution is 2.34. The number of carbonyl (C=O) groups is 1. The SMILES string of the molecule is NC(=O)CC(N)c1ccc(C(F)(F)F)c(F)c1F. The van der Waals surface area contributed by atoms with E-state index in [0.717, 1.165) is 0 Å². The summed E-state index contributed by atoms with van der Waals surface area (Å²) in [6.45, 7) is 0. The topological polar surface area (TPSA) is 69.1 Å². The molecule has 0 bridgehead atoms. The molecule has 1 aromatic rings. The van der Waals surface area contributed by atoms with Crippen LogP contribution in [0.5, 0.6) is 0 Å². The van der Waals surface area contributed by atoms with Crippen LogP contribution < -0.4 is 11.5 Å². The minimum absolute atomic E-state index is 0.370. The molecule has 4 N–H and O–H groups in total. The lowest BCUT2D eigenvalue weighted by molar-refractivity contribution is -0.140. The Morgan fingerprint density at radius 1 is 1.22 bits per heavy atom. The molecule has 1 aromatic carbocycles. The fourth-order valence-electron chi connectivity index (χ4n) is 1.40. The van der Waals surface area contributed by atoms with Crippen molar-refractivity contribution in [3.8, 4) is 0 Å². The average Bonchev–Trinajstić information content (AvgIpc) is 2.18. The molecule has 0 fully saturated rings. The van der Waals surface area contributed by atoms with Crippen LogP contribution in [0.15, 0.2) is 12.1 Å². The highest BCUT2D eigenvalue weighted by Gasteiger charge is 2.36. The zero-order valence-corrected chi connectivity index (χ0v) is 8.89. The number of halogens is 5. The summed E-state index contributed by atoms with van der Waals surface area (Å²) in [6, 6.07) is -0.233. The third-order valence-electron chi connectivity index (χ3n) is 2.24. The lowest BCUT2D eigenvalue weighted by Gasteiger charge is -2.14. The third-order valence-corrected chi connectivity index (χ3v) is 2.24. The van der Waals surface area contributed by atoms with Gasteiger partial charge in [-0.1, -0.05) is 6.07 Å². The van der Waals surface area contributed by atoms with Crippen LogP contribution in [0.3, 0.4) is 0 Å². The van der Waals surface area contributed by atoms with E-state index in [1.165, 1.54) is 0 Å². The number of benzene rings is 1. The van der Waals surface area contributed by atoms with Crippen LogP contribution in [0.2, 0.25) is 0 Å². The highest BCUT2D eigenvalue weighted by molar-refractivity contribution is 5.74. The number of amides is 1. The van der Waals surface area contributed by atoms with E-state index >= 15 is 0 Å². The van der Waals surface area contributed by atoms with E-state index in [-0.39, 0.29) is 0 Å². The van der Waals surface area contributed by atoms with Crippen molar-refractivity contribution < 1.29 is 26.7 Å². The van der Waals surface area contributed by atoms with Crippen LogP contribution in [-0.2, 0) is 11.0 Å². The van der Waals surface area contributed by atoms with E-state index in [1.54, 1.807) is 0 Å². The molecule has 0 saturated carbocycles. The molecule has 1 atom stereocenters. The second kappa shape index (κ2) is 4.89. The van der Waals surface area contributed by atoms with Gasteiger partial charge in [0.15, 0.2) is 11.6 Å². The van der Waals surface area contributed by atoms with Crippen LogP contribution in [0, 0.1) is 11.6 Å². The predicted molar refractivity (Wildman–Crippen MR) is 52.1 cm³/mol. The lowest BCUT2D eigenvalue weighted by atomic mass is 10.0. The van der Waals surface area contributed by atoms with Crippen LogP contribution >= 0.6 is 0 Å². The summed E-state index contributed by atoms with van der Waals surface area (Å²) in [7, 11) is 0. The molecule has 8 heteroatoms. The molecular weight excluding hydrogens is 259 g/mol. The van der Waals surface area contributed by atoms with E-state index in [4.69, 9.17) is 11.5 Å². The first kappa shape index (κ1) is 14.4. The first-order chi connectivity index (χ1) is 8.14. The monoisotopic (exact) mass is 268 g/mol. The number of hydrogen-bond donors (Lipinski definition) is 2.